The third-order valence-corrected chi connectivity index (χ3v) is 3.78. The average Bonchev–Trinajstić information content (AvgIpc) is 2.65. The van der Waals surface area contributed by atoms with Crippen LogP contribution >= 0.6 is 23.6 Å². The van der Waals surface area contributed by atoms with Crippen LogP contribution in [0.25, 0.3) is 5.69 Å². The highest BCUT2D eigenvalue weighted by atomic mass is 32.1. The zero-order valence-electron chi connectivity index (χ0n) is 9.21. The van der Waals surface area contributed by atoms with Crippen LogP contribution < -0.4 is 0 Å². The highest BCUT2D eigenvalue weighted by Gasteiger charge is 2.17. The van der Waals surface area contributed by atoms with Crippen molar-refractivity contribution < 1.29 is 9.90 Å². The van der Waals surface area contributed by atoms with Crippen LogP contribution in [-0.4, -0.2) is 15.5 Å². The maximum atomic E-state index is 11.6. The SMILES string of the molecule is CCC(=O)c1sc(=S)n(-c2ccccc2)c1O. The van der Waals surface area contributed by atoms with Crippen LogP contribution in [0.15, 0.2) is 30.3 Å². The van der Waals surface area contributed by atoms with Crippen molar-refractivity contribution in [3.8, 4) is 11.6 Å². The molecule has 0 amide bonds. The Balaban J connectivity index is 2.61. The van der Waals surface area contributed by atoms with Gasteiger partial charge in [0.2, 0.25) is 5.88 Å². The molecule has 1 N–H and O–H groups in total. The summed E-state index contributed by atoms with van der Waals surface area (Å²) in [5.41, 5.74) is 0.765. The molecule has 88 valence electrons. The Kier molecular flexibility index (Phi) is 3.40. The van der Waals surface area contributed by atoms with Gasteiger partial charge in [0.15, 0.2) is 9.74 Å². The lowest BCUT2D eigenvalue weighted by Crippen LogP contribution is -1.96. The Bertz CT molecular complexity index is 599. The van der Waals surface area contributed by atoms with Crippen LogP contribution in [-0.2, 0) is 0 Å². The van der Waals surface area contributed by atoms with Gasteiger partial charge in [-0.05, 0) is 24.4 Å². The molecule has 17 heavy (non-hydrogen) atoms. The molecule has 0 atom stereocenters. The number of benzene rings is 1. The third kappa shape index (κ3) is 2.16. The van der Waals surface area contributed by atoms with E-state index in [2.05, 4.69) is 0 Å². The van der Waals surface area contributed by atoms with Crippen molar-refractivity contribution >= 4 is 29.3 Å². The van der Waals surface area contributed by atoms with Gasteiger partial charge in [-0.15, -0.1) is 0 Å². The zero-order valence-corrected chi connectivity index (χ0v) is 10.8. The number of para-hydroxylation sites is 1. The zero-order chi connectivity index (χ0) is 12.4. The fourth-order valence-corrected chi connectivity index (χ4v) is 2.85. The van der Waals surface area contributed by atoms with Gasteiger partial charge in [0.1, 0.15) is 4.88 Å². The number of carbonyl (C=O) groups excluding carboxylic acids is 1. The molecule has 0 aliphatic heterocycles. The summed E-state index contributed by atoms with van der Waals surface area (Å²) in [5, 5.41) is 10.1. The van der Waals surface area contributed by atoms with Crippen molar-refractivity contribution in [2.24, 2.45) is 0 Å². The normalized spacial score (nSPS) is 10.4. The van der Waals surface area contributed by atoms with Crippen LogP contribution in [0.2, 0.25) is 0 Å². The Morgan fingerprint density at radius 2 is 2.06 bits per heavy atom. The molecule has 0 bridgehead atoms. The molecule has 2 aromatic rings. The topological polar surface area (TPSA) is 42.2 Å². The van der Waals surface area contributed by atoms with E-state index < -0.39 is 0 Å². The van der Waals surface area contributed by atoms with E-state index in [1.54, 1.807) is 6.92 Å². The molecular formula is C12H11NO2S2. The van der Waals surface area contributed by atoms with Crippen molar-refractivity contribution in [1.82, 2.24) is 4.57 Å². The molecule has 1 aromatic heterocycles. The van der Waals surface area contributed by atoms with Crippen molar-refractivity contribution in [2.45, 2.75) is 13.3 Å². The Morgan fingerprint density at radius 1 is 1.41 bits per heavy atom. The highest BCUT2D eigenvalue weighted by molar-refractivity contribution is 7.73. The third-order valence-electron chi connectivity index (χ3n) is 2.38. The summed E-state index contributed by atoms with van der Waals surface area (Å²) in [4.78, 5) is 12.0. The van der Waals surface area contributed by atoms with Gasteiger partial charge in [-0.2, -0.15) is 0 Å². The van der Waals surface area contributed by atoms with E-state index in [-0.39, 0.29) is 11.7 Å². The molecule has 0 aliphatic rings. The lowest BCUT2D eigenvalue weighted by Gasteiger charge is -2.03. The predicted molar refractivity (Wildman–Crippen MR) is 70.8 cm³/mol. The first kappa shape index (κ1) is 12.0. The van der Waals surface area contributed by atoms with E-state index in [4.69, 9.17) is 12.2 Å². The van der Waals surface area contributed by atoms with Crippen molar-refractivity contribution in [2.75, 3.05) is 0 Å². The molecule has 0 fully saturated rings. The van der Waals surface area contributed by atoms with Crippen molar-refractivity contribution in [3.05, 3.63) is 39.2 Å². The number of aromatic nitrogens is 1. The van der Waals surface area contributed by atoms with E-state index >= 15 is 0 Å². The van der Waals surface area contributed by atoms with Gasteiger partial charge in [-0.3, -0.25) is 9.36 Å². The smallest absolute Gasteiger partial charge is 0.219 e. The summed E-state index contributed by atoms with van der Waals surface area (Å²) < 4.78 is 1.99. The summed E-state index contributed by atoms with van der Waals surface area (Å²) in [6, 6.07) is 9.27. The van der Waals surface area contributed by atoms with E-state index in [1.165, 1.54) is 4.57 Å². The summed E-state index contributed by atoms with van der Waals surface area (Å²) in [5.74, 6) is -0.147. The van der Waals surface area contributed by atoms with Gasteiger partial charge < -0.3 is 5.11 Å². The van der Waals surface area contributed by atoms with Crippen LogP contribution in [0.5, 0.6) is 5.88 Å². The van der Waals surface area contributed by atoms with Crippen molar-refractivity contribution in [3.63, 3.8) is 0 Å². The number of Topliss-reactive ketones (excluding diaryl/α,β-unsaturated/α-hetero) is 1. The lowest BCUT2D eigenvalue weighted by molar-refractivity contribution is 0.0989. The minimum atomic E-state index is -0.0896. The number of ketones is 1. The molecule has 3 nitrogen and oxygen atoms in total. The van der Waals surface area contributed by atoms with Gasteiger partial charge in [0.25, 0.3) is 0 Å². The maximum Gasteiger partial charge on any atom is 0.219 e. The monoisotopic (exact) mass is 265 g/mol. The molecule has 0 saturated carbocycles. The first-order valence-electron chi connectivity index (χ1n) is 5.18. The van der Waals surface area contributed by atoms with Gasteiger partial charge in [-0.25, -0.2) is 0 Å². The molecule has 5 heteroatoms. The number of nitrogens with zero attached hydrogens (tertiary/aromatic N) is 1. The molecule has 0 radical (unpaired) electrons. The minimum absolute atomic E-state index is 0.0574. The van der Waals surface area contributed by atoms with Crippen LogP contribution in [0.1, 0.15) is 23.0 Å². The fraction of sp³-hybridized carbons (Fsp3) is 0.167. The predicted octanol–water partition coefficient (Wildman–Crippen LogP) is 3.57. The Hall–Kier alpha value is -1.46. The number of aromatic hydroxyl groups is 1. The second-order valence-corrected chi connectivity index (χ2v) is 5.11. The highest BCUT2D eigenvalue weighted by Crippen LogP contribution is 2.30. The molecule has 1 aromatic carbocycles. The largest absolute Gasteiger partial charge is 0.493 e. The van der Waals surface area contributed by atoms with Gasteiger partial charge >= 0.3 is 0 Å². The number of hydrogen-bond acceptors (Lipinski definition) is 4. The maximum absolute atomic E-state index is 11.6. The second-order valence-electron chi connectivity index (χ2n) is 3.47. The fourth-order valence-electron chi connectivity index (χ4n) is 1.51. The standard InChI is InChI=1S/C12H11NO2S2/c1-2-9(14)10-11(15)13(12(16)17-10)8-6-4-3-5-7-8/h3-7,15H,2H2,1H3. The summed E-state index contributed by atoms with van der Waals surface area (Å²) in [6.45, 7) is 1.76. The summed E-state index contributed by atoms with van der Waals surface area (Å²) in [6.07, 6.45) is 0.359. The molecule has 0 spiro atoms. The van der Waals surface area contributed by atoms with E-state index in [9.17, 15) is 9.90 Å². The van der Waals surface area contributed by atoms with Crippen LogP contribution in [0, 0.1) is 3.95 Å². The summed E-state index contributed by atoms with van der Waals surface area (Å²) >= 11 is 6.33. The second kappa shape index (κ2) is 4.81. The first-order chi connectivity index (χ1) is 8.15. The van der Waals surface area contributed by atoms with Crippen LogP contribution in [0.4, 0.5) is 0 Å². The average molecular weight is 265 g/mol. The first-order valence-corrected chi connectivity index (χ1v) is 6.41. The molecule has 0 saturated heterocycles. The Labute approximate surface area is 108 Å². The van der Waals surface area contributed by atoms with Gasteiger partial charge in [-0.1, -0.05) is 36.5 Å². The number of carbonyl (C=O) groups is 1. The molecule has 0 aliphatic carbocycles. The molecule has 1 heterocycles. The minimum Gasteiger partial charge on any atom is -0.493 e. The van der Waals surface area contributed by atoms with E-state index in [0.717, 1.165) is 17.0 Å². The van der Waals surface area contributed by atoms with Gasteiger partial charge in [0, 0.05) is 6.42 Å². The molecule has 0 unspecified atom stereocenters. The number of thiazole rings is 1. The lowest BCUT2D eigenvalue weighted by atomic mass is 10.2. The Morgan fingerprint density at radius 3 is 2.65 bits per heavy atom. The quantitative estimate of drug-likeness (QED) is 0.681. The van der Waals surface area contributed by atoms with Crippen molar-refractivity contribution in [1.29, 1.82) is 0 Å². The van der Waals surface area contributed by atoms with Gasteiger partial charge in [0.05, 0.1) is 5.69 Å². The van der Waals surface area contributed by atoms with E-state index in [0.29, 0.717) is 15.3 Å². The molecule has 2 rings (SSSR count). The summed E-state index contributed by atoms with van der Waals surface area (Å²) in [7, 11) is 0. The van der Waals surface area contributed by atoms with E-state index in [1.807, 2.05) is 30.3 Å². The molecular weight excluding hydrogens is 254 g/mol. The number of rotatable bonds is 3. The number of hydrogen-bond donors (Lipinski definition) is 1. The van der Waals surface area contributed by atoms with Crippen LogP contribution in [0.3, 0.4) is 0 Å².